The molecule has 0 aliphatic heterocycles. The van der Waals surface area contributed by atoms with Crippen LogP contribution in [0.4, 0.5) is 5.69 Å². The first kappa shape index (κ1) is 14.5. The van der Waals surface area contributed by atoms with Crippen molar-refractivity contribution in [2.75, 3.05) is 5.73 Å². The van der Waals surface area contributed by atoms with Gasteiger partial charge in [-0.15, -0.1) is 0 Å². The fourth-order valence-corrected chi connectivity index (χ4v) is 2.15. The van der Waals surface area contributed by atoms with Crippen molar-refractivity contribution in [1.29, 1.82) is 0 Å². The Bertz CT molecular complexity index is 626. The number of carbonyl (C=O) groups is 1. The maximum Gasteiger partial charge on any atom is 0.253 e. The first-order chi connectivity index (χ1) is 9.47. The number of halogens is 1. The molecule has 0 aliphatic carbocycles. The number of hydrogen-bond donors (Lipinski definition) is 2. The van der Waals surface area contributed by atoms with Crippen LogP contribution in [-0.2, 0) is 0 Å². The summed E-state index contributed by atoms with van der Waals surface area (Å²) in [5.74, 6) is -0.169. The molecule has 4 nitrogen and oxygen atoms in total. The average Bonchev–Trinajstić information content (AvgIpc) is 2.42. The maximum atomic E-state index is 12.3. The molecule has 1 heterocycles. The smallest absolute Gasteiger partial charge is 0.253 e. The number of aryl methyl sites for hydroxylation is 1. The van der Waals surface area contributed by atoms with E-state index >= 15 is 0 Å². The molecule has 2 rings (SSSR count). The van der Waals surface area contributed by atoms with Crippen LogP contribution < -0.4 is 11.1 Å². The minimum absolute atomic E-state index is 0.0866. The van der Waals surface area contributed by atoms with Crippen molar-refractivity contribution in [2.24, 2.45) is 0 Å². The van der Waals surface area contributed by atoms with Gasteiger partial charge in [0.1, 0.15) is 0 Å². The molecule has 0 fully saturated rings. The maximum absolute atomic E-state index is 12.3. The van der Waals surface area contributed by atoms with Crippen molar-refractivity contribution in [3.8, 4) is 0 Å². The number of aromatic nitrogens is 1. The van der Waals surface area contributed by atoms with Gasteiger partial charge in [-0.3, -0.25) is 9.78 Å². The Morgan fingerprint density at radius 1 is 1.35 bits per heavy atom. The highest BCUT2D eigenvalue weighted by Gasteiger charge is 2.14. The van der Waals surface area contributed by atoms with E-state index < -0.39 is 0 Å². The predicted molar refractivity (Wildman–Crippen MR) is 83.4 cm³/mol. The zero-order chi connectivity index (χ0) is 14.7. The Morgan fingerprint density at radius 2 is 2.00 bits per heavy atom. The minimum Gasteiger partial charge on any atom is -0.397 e. The van der Waals surface area contributed by atoms with Crippen LogP contribution in [0.3, 0.4) is 0 Å². The van der Waals surface area contributed by atoms with Crippen LogP contribution in [-0.4, -0.2) is 10.9 Å². The lowest BCUT2D eigenvalue weighted by molar-refractivity contribution is 0.0939. The second-order valence-electron chi connectivity index (χ2n) is 4.65. The van der Waals surface area contributed by atoms with E-state index in [2.05, 4.69) is 26.2 Å². The van der Waals surface area contributed by atoms with Crippen molar-refractivity contribution in [1.82, 2.24) is 10.3 Å². The largest absolute Gasteiger partial charge is 0.397 e. The van der Waals surface area contributed by atoms with E-state index in [0.29, 0.717) is 16.9 Å². The van der Waals surface area contributed by atoms with E-state index in [0.717, 1.165) is 10.0 Å². The Balaban J connectivity index is 2.15. The molecule has 1 aromatic carbocycles. The molecule has 104 valence electrons. The second-order valence-corrected chi connectivity index (χ2v) is 5.56. The van der Waals surface area contributed by atoms with E-state index in [-0.39, 0.29) is 11.9 Å². The number of nitrogen functional groups attached to an aromatic ring is 1. The fourth-order valence-electron chi connectivity index (χ4n) is 1.89. The molecule has 0 radical (unpaired) electrons. The number of nitrogens with two attached hydrogens (primary N) is 1. The van der Waals surface area contributed by atoms with Crippen molar-refractivity contribution >= 4 is 27.5 Å². The molecule has 20 heavy (non-hydrogen) atoms. The predicted octanol–water partition coefficient (Wildman–Crippen LogP) is 3.23. The van der Waals surface area contributed by atoms with Gasteiger partial charge in [0.05, 0.1) is 29.2 Å². The SMILES string of the molecule is Cc1ncc(N)cc1C(=O)NC(C)c1ccc(Br)cc1. The Hall–Kier alpha value is -1.88. The molecule has 1 amide bonds. The molecule has 0 spiro atoms. The third kappa shape index (κ3) is 3.36. The van der Waals surface area contributed by atoms with Crippen LogP contribution in [0.1, 0.15) is 34.6 Å². The van der Waals surface area contributed by atoms with Crippen molar-refractivity contribution < 1.29 is 4.79 Å². The average molecular weight is 334 g/mol. The summed E-state index contributed by atoms with van der Waals surface area (Å²) in [5.41, 5.74) is 8.37. The number of carbonyl (C=O) groups excluding carboxylic acids is 1. The molecule has 0 aliphatic rings. The molecular weight excluding hydrogens is 318 g/mol. The number of hydrogen-bond acceptors (Lipinski definition) is 3. The molecule has 0 bridgehead atoms. The standard InChI is InChI=1S/C15H16BrN3O/c1-9(11-3-5-12(16)6-4-11)19-15(20)14-7-13(17)8-18-10(14)2/h3-9H,17H2,1-2H3,(H,19,20). The van der Waals surface area contributed by atoms with Gasteiger partial charge in [-0.2, -0.15) is 0 Å². The zero-order valence-corrected chi connectivity index (χ0v) is 12.9. The lowest BCUT2D eigenvalue weighted by Gasteiger charge is -2.15. The van der Waals surface area contributed by atoms with Crippen LogP contribution in [0.15, 0.2) is 41.0 Å². The Kier molecular flexibility index (Phi) is 4.39. The highest BCUT2D eigenvalue weighted by molar-refractivity contribution is 9.10. The summed E-state index contributed by atoms with van der Waals surface area (Å²) in [5, 5.41) is 2.95. The molecule has 3 N–H and O–H groups in total. The summed E-state index contributed by atoms with van der Waals surface area (Å²) in [4.78, 5) is 16.4. The molecular formula is C15H16BrN3O. The monoisotopic (exact) mass is 333 g/mol. The molecule has 1 unspecified atom stereocenters. The van der Waals surface area contributed by atoms with Crippen LogP contribution >= 0.6 is 15.9 Å². The lowest BCUT2D eigenvalue weighted by atomic mass is 10.1. The molecule has 1 atom stereocenters. The zero-order valence-electron chi connectivity index (χ0n) is 11.4. The normalized spacial score (nSPS) is 11.9. The van der Waals surface area contributed by atoms with Crippen molar-refractivity contribution in [2.45, 2.75) is 19.9 Å². The van der Waals surface area contributed by atoms with Gasteiger partial charge in [0.25, 0.3) is 5.91 Å². The van der Waals surface area contributed by atoms with E-state index in [1.54, 1.807) is 19.2 Å². The van der Waals surface area contributed by atoms with Gasteiger partial charge in [-0.25, -0.2) is 0 Å². The minimum atomic E-state index is -0.169. The van der Waals surface area contributed by atoms with Gasteiger partial charge in [0.2, 0.25) is 0 Å². The van der Waals surface area contributed by atoms with Crippen LogP contribution in [0.5, 0.6) is 0 Å². The van der Waals surface area contributed by atoms with Gasteiger partial charge < -0.3 is 11.1 Å². The topological polar surface area (TPSA) is 68.0 Å². The number of anilines is 1. The van der Waals surface area contributed by atoms with E-state index in [9.17, 15) is 4.79 Å². The lowest BCUT2D eigenvalue weighted by Crippen LogP contribution is -2.27. The van der Waals surface area contributed by atoms with Crippen LogP contribution in [0.2, 0.25) is 0 Å². The number of nitrogens with zero attached hydrogens (tertiary/aromatic N) is 1. The van der Waals surface area contributed by atoms with Gasteiger partial charge in [0.15, 0.2) is 0 Å². The number of benzene rings is 1. The van der Waals surface area contributed by atoms with Gasteiger partial charge in [0, 0.05) is 4.47 Å². The summed E-state index contributed by atoms with van der Waals surface area (Å²) < 4.78 is 1.01. The van der Waals surface area contributed by atoms with Gasteiger partial charge in [-0.05, 0) is 37.6 Å². The number of pyridine rings is 1. The van der Waals surface area contributed by atoms with E-state index in [1.807, 2.05) is 31.2 Å². The van der Waals surface area contributed by atoms with Crippen LogP contribution in [0, 0.1) is 6.92 Å². The second kappa shape index (κ2) is 6.05. The third-order valence-electron chi connectivity index (χ3n) is 3.07. The summed E-state index contributed by atoms with van der Waals surface area (Å²) in [7, 11) is 0. The van der Waals surface area contributed by atoms with Crippen molar-refractivity contribution in [3.63, 3.8) is 0 Å². The highest BCUT2D eigenvalue weighted by Crippen LogP contribution is 2.18. The molecule has 1 aromatic heterocycles. The Labute approximate surface area is 126 Å². The molecule has 2 aromatic rings. The first-order valence-electron chi connectivity index (χ1n) is 6.26. The van der Waals surface area contributed by atoms with E-state index in [1.165, 1.54) is 0 Å². The quantitative estimate of drug-likeness (QED) is 0.906. The third-order valence-corrected chi connectivity index (χ3v) is 3.60. The summed E-state index contributed by atoms with van der Waals surface area (Å²) in [6.07, 6.45) is 1.55. The summed E-state index contributed by atoms with van der Waals surface area (Å²) in [6, 6.07) is 9.40. The Morgan fingerprint density at radius 3 is 2.65 bits per heavy atom. The van der Waals surface area contributed by atoms with E-state index in [4.69, 9.17) is 5.73 Å². The summed E-state index contributed by atoms with van der Waals surface area (Å²) >= 11 is 3.39. The van der Waals surface area contributed by atoms with Crippen molar-refractivity contribution in [3.05, 3.63) is 57.8 Å². The van der Waals surface area contributed by atoms with Gasteiger partial charge >= 0.3 is 0 Å². The van der Waals surface area contributed by atoms with Crippen LogP contribution in [0.25, 0.3) is 0 Å². The number of rotatable bonds is 3. The highest BCUT2D eigenvalue weighted by atomic mass is 79.9. The number of amides is 1. The van der Waals surface area contributed by atoms with Gasteiger partial charge in [-0.1, -0.05) is 28.1 Å². The molecule has 0 saturated heterocycles. The fraction of sp³-hybridized carbons (Fsp3) is 0.200. The molecule has 0 saturated carbocycles. The first-order valence-corrected chi connectivity index (χ1v) is 7.05. The molecule has 5 heteroatoms. The summed E-state index contributed by atoms with van der Waals surface area (Å²) in [6.45, 7) is 3.73. The number of nitrogens with one attached hydrogen (secondary N) is 1.